The number of nitrogens with one attached hydrogen (secondary N) is 1. The van der Waals surface area contributed by atoms with Crippen LogP contribution in [0.15, 0.2) is 54.6 Å². The highest BCUT2D eigenvalue weighted by Crippen LogP contribution is 2.45. The number of nitrogens with zero attached hydrogens (tertiary/aromatic N) is 3. The molecular formula is C29H33F2N5O4. The summed E-state index contributed by atoms with van der Waals surface area (Å²) in [5.41, 5.74) is 6.04. The van der Waals surface area contributed by atoms with Gasteiger partial charge < -0.3 is 25.4 Å². The third kappa shape index (κ3) is 5.59. The number of piperidine rings is 1. The van der Waals surface area contributed by atoms with Crippen molar-refractivity contribution in [2.24, 2.45) is 11.7 Å². The number of primary amides is 1. The van der Waals surface area contributed by atoms with Crippen molar-refractivity contribution >= 4 is 17.8 Å². The van der Waals surface area contributed by atoms with Gasteiger partial charge in [0.2, 0.25) is 0 Å². The third-order valence-electron chi connectivity index (χ3n) is 7.08. The van der Waals surface area contributed by atoms with Crippen LogP contribution in [0.3, 0.4) is 0 Å². The molecule has 2 aliphatic heterocycles. The van der Waals surface area contributed by atoms with Crippen molar-refractivity contribution in [3.63, 3.8) is 0 Å². The molecular weight excluding hydrogens is 520 g/mol. The van der Waals surface area contributed by atoms with Crippen molar-refractivity contribution in [2.45, 2.75) is 51.2 Å². The third-order valence-corrected chi connectivity index (χ3v) is 7.08. The first-order valence-electron chi connectivity index (χ1n) is 13.3. The fourth-order valence-electron chi connectivity index (χ4n) is 5.33. The van der Waals surface area contributed by atoms with Crippen LogP contribution < -0.4 is 15.8 Å². The summed E-state index contributed by atoms with van der Waals surface area (Å²) in [5, 5.41) is 7.80. The molecule has 0 radical (unpaired) electrons. The van der Waals surface area contributed by atoms with E-state index in [4.69, 9.17) is 15.2 Å². The molecule has 2 amide bonds. The number of fused-ring (bicyclic) bond motifs is 1. The Morgan fingerprint density at radius 1 is 1.05 bits per heavy atom. The predicted octanol–water partition coefficient (Wildman–Crippen LogP) is 5.69. The lowest BCUT2D eigenvalue weighted by atomic mass is 9.84. The zero-order valence-corrected chi connectivity index (χ0v) is 22.7. The van der Waals surface area contributed by atoms with E-state index in [1.807, 2.05) is 30.3 Å². The Morgan fingerprint density at radius 2 is 1.73 bits per heavy atom. The van der Waals surface area contributed by atoms with Gasteiger partial charge in [-0.3, -0.25) is 4.79 Å². The topological polar surface area (TPSA) is 112 Å². The van der Waals surface area contributed by atoms with E-state index in [1.165, 1.54) is 4.68 Å². The molecule has 2 aromatic carbocycles. The largest absolute Gasteiger partial charge is 0.457 e. The minimum atomic E-state index is -3.19. The van der Waals surface area contributed by atoms with Crippen LogP contribution in [0.25, 0.3) is 11.3 Å². The van der Waals surface area contributed by atoms with Gasteiger partial charge in [0.1, 0.15) is 34.2 Å². The Kier molecular flexibility index (Phi) is 7.16. The highest BCUT2D eigenvalue weighted by molar-refractivity contribution is 6.03. The van der Waals surface area contributed by atoms with Gasteiger partial charge in [-0.25, -0.2) is 18.3 Å². The molecule has 11 heteroatoms. The van der Waals surface area contributed by atoms with Crippen LogP contribution in [-0.4, -0.2) is 57.8 Å². The minimum absolute atomic E-state index is 0.0585. The van der Waals surface area contributed by atoms with Crippen LogP contribution >= 0.6 is 0 Å². The number of likely N-dealkylation sites (tertiary alicyclic amines) is 1. The summed E-state index contributed by atoms with van der Waals surface area (Å²) < 4.78 is 43.8. The molecule has 2 atom stereocenters. The molecule has 212 valence electrons. The van der Waals surface area contributed by atoms with Gasteiger partial charge in [0, 0.05) is 24.6 Å². The number of carbonyl (C=O) groups excluding carboxylic acids is 2. The molecule has 2 aliphatic rings. The average Bonchev–Trinajstić information content (AvgIpc) is 3.28. The van der Waals surface area contributed by atoms with E-state index in [0.717, 1.165) is 4.90 Å². The molecule has 5 rings (SSSR count). The molecule has 0 saturated carbocycles. The van der Waals surface area contributed by atoms with Gasteiger partial charge in [-0.1, -0.05) is 18.2 Å². The summed E-state index contributed by atoms with van der Waals surface area (Å²) in [7, 11) is 0. The number of amides is 2. The number of aromatic nitrogens is 2. The first kappa shape index (κ1) is 27.4. The quantitative estimate of drug-likeness (QED) is 0.420. The summed E-state index contributed by atoms with van der Waals surface area (Å²) in [4.78, 5) is 26.1. The monoisotopic (exact) mass is 553 g/mol. The second-order valence-corrected chi connectivity index (χ2v) is 11.2. The highest BCUT2D eigenvalue weighted by atomic mass is 19.3. The predicted molar refractivity (Wildman–Crippen MR) is 146 cm³/mol. The number of nitrogens with two attached hydrogens (primary N) is 1. The zero-order chi connectivity index (χ0) is 28.7. The van der Waals surface area contributed by atoms with Crippen LogP contribution in [0.4, 0.5) is 19.4 Å². The number of anilines is 1. The molecule has 3 heterocycles. The van der Waals surface area contributed by atoms with Crippen LogP contribution in [0.2, 0.25) is 0 Å². The van der Waals surface area contributed by atoms with Crippen molar-refractivity contribution in [1.29, 1.82) is 0 Å². The molecule has 1 unspecified atom stereocenters. The Bertz CT molecular complexity index is 1390. The van der Waals surface area contributed by atoms with Crippen LogP contribution in [-0.2, 0) is 4.74 Å². The molecule has 0 spiro atoms. The first-order valence-corrected chi connectivity index (χ1v) is 13.3. The number of alkyl halides is 2. The smallest absolute Gasteiger partial charge is 0.410 e. The van der Waals surface area contributed by atoms with Gasteiger partial charge >= 0.3 is 6.09 Å². The second-order valence-electron chi connectivity index (χ2n) is 11.2. The van der Waals surface area contributed by atoms with Crippen molar-refractivity contribution in [2.75, 3.05) is 25.0 Å². The fraction of sp³-hybridized carbons (Fsp3) is 0.414. The van der Waals surface area contributed by atoms with Gasteiger partial charge in [-0.15, -0.1) is 0 Å². The second kappa shape index (κ2) is 10.4. The highest BCUT2D eigenvalue weighted by Gasteiger charge is 2.51. The van der Waals surface area contributed by atoms with Crippen LogP contribution in [0, 0.1) is 5.92 Å². The summed E-state index contributed by atoms with van der Waals surface area (Å²) >= 11 is 0. The van der Waals surface area contributed by atoms with Gasteiger partial charge in [-0.2, -0.15) is 5.10 Å². The summed E-state index contributed by atoms with van der Waals surface area (Å²) in [6, 6.07) is 15.6. The number of rotatable bonds is 5. The van der Waals surface area contributed by atoms with Gasteiger partial charge in [0.15, 0.2) is 0 Å². The average molecular weight is 554 g/mol. The maximum atomic E-state index is 15.6. The number of benzene rings is 2. The number of hydrogen-bond donors (Lipinski definition) is 2. The first-order chi connectivity index (χ1) is 18.9. The van der Waals surface area contributed by atoms with E-state index >= 15 is 8.78 Å². The summed E-state index contributed by atoms with van der Waals surface area (Å²) in [6.07, 6.45) is -0.319. The zero-order valence-electron chi connectivity index (χ0n) is 22.7. The van der Waals surface area contributed by atoms with Crippen LogP contribution in [0.1, 0.15) is 50.0 Å². The van der Waals surface area contributed by atoms with Gasteiger partial charge in [-0.05, 0) is 70.0 Å². The molecule has 9 nitrogen and oxygen atoms in total. The summed E-state index contributed by atoms with van der Waals surface area (Å²) in [5.74, 6) is -3.40. The lowest BCUT2D eigenvalue weighted by Gasteiger charge is -2.43. The van der Waals surface area contributed by atoms with Crippen molar-refractivity contribution in [1.82, 2.24) is 14.7 Å². The van der Waals surface area contributed by atoms with Crippen molar-refractivity contribution in [3.8, 4) is 22.8 Å². The lowest BCUT2D eigenvalue weighted by molar-refractivity contribution is -0.127. The SMILES string of the molecule is CC(C)(C)OC(=O)N1CCC([C@@H]2CCNc3c(C(N)=O)c(-c4ccc(Oc5ccccc5)cc4)nn32)C(F)(F)C1. The number of hydrogen-bond acceptors (Lipinski definition) is 6. The maximum absolute atomic E-state index is 15.6. The molecule has 3 aromatic rings. The maximum Gasteiger partial charge on any atom is 0.410 e. The molecule has 3 N–H and O–H groups in total. The standard InChI is InChI=1S/C29H33F2N5O4/c1-28(2,3)40-27(38)35-16-14-21(29(30,31)17-35)22-13-15-33-26-23(25(32)37)24(34-36(22)26)18-9-11-20(12-10-18)39-19-7-5-4-6-8-19/h4-12,21-22,33H,13-17H2,1-3H3,(H2,32,37)/t21?,22-/m0/s1. The van der Waals surface area contributed by atoms with E-state index < -0.39 is 42.0 Å². The molecule has 1 aromatic heterocycles. The number of para-hydroxylation sites is 1. The van der Waals surface area contributed by atoms with E-state index in [2.05, 4.69) is 10.4 Å². The molecule has 0 bridgehead atoms. The molecule has 1 fully saturated rings. The Balaban J connectivity index is 1.41. The fourth-order valence-corrected chi connectivity index (χ4v) is 5.33. The van der Waals surface area contributed by atoms with Gasteiger partial charge in [0.05, 0.1) is 12.6 Å². The van der Waals surface area contributed by atoms with E-state index in [0.29, 0.717) is 41.5 Å². The molecule has 1 saturated heterocycles. The summed E-state index contributed by atoms with van der Waals surface area (Å²) in [6.45, 7) is 4.85. The van der Waals surface area contributed by atoms with E-state index in [9.17, 15) is 9.59 Å². The Labute approximate surface area is 231 Å². The van der Waals surface area contributed by atoms with E-state index in [1.54, 1.807) is 45.0 Å². The van der Waals surface area contributed by atoms with Crippen LogP contribution in [0.5, 0.6) is 11.5 Å². The molecule has 40 heavy (non-hydrogen) atoms. The normalized spacial score (nSPS) is 20.3. The number of halogens is 2. The number of carbonyl (C=O) groups is 2. The lowest BCUT2D eigenvalue weighted by Crippen LogP contribution is -2.54. The van der Waals surface area contributed by atoms with Crippen molar-refractivity contribution < 1.29 is 27.8 Å². The Hall–Kier alpha value is -4.15. The minimum Gasteiger partial charge on any atom is -0.457 e. The number of ether oxygens (including phenoxy) is 2. The van der Waals surface area contributed by atoms with Crippen molar-refractivity contribution in [3.05, 3.63) is 60.2 Å². The molecule has 0 aliphatic carbocycles. The van der Waals surface area contributed by atoms with E-state index in [-0.39, 0.29) is 18.5 Å². The Morgan fingerprint density at radius 3 is 2.35 bits per heavy atom. The van der Waals surface area contributed by atoms with Gasteiger partial charge in [0.25, 0.3) is 11.8 Å².